The maximum absolute atomic E-state index is 5.59. The van der Waals surface area contributed by atoms with Gasteiger partial charge in [-0.15, -0.1) is 0 Å². The summed E-state index contributed by atoms with van der Waals surface area (Å²) in [7, 11) is 0. The van der Waals surface area contributed by atoms with Gasteiger partial charge in [-0.05, 0) is 54.4 Å². The van der Waals surface area contributed by atoms with Crippen LogP contribution < -0.4 is 15.5 Å². The fourth-order valence-electron chi connectivity index (χ4n) is 9.35. The first-order chi connectivity index (χ1) is 27.3. The summed E-state index contributed by atoms with van der Waals surface area (Å²) in [5.74, 6) is 0.822. The molecular formula is C50H33N5. The van der Waals surface area contributed by atoms with Gasteiger partial charge < -0.3 is 9.47 Å². The van der Waals surface area contributed by atoms with Gasteiger partial charge in [0.15, 0.2) is 0 Å². The lowest BCUT2D eigenvalue weighted by Gasteiger charge is -2.25. The van der Waals surface area contributed by atoms with Crippen LogP contribution >= 0.6 is 0 Å². The van der Waals surface area contributed by atoms with E-state index >= 15 is 0 Å². The fourth-order valence-corrected chi connectivity index (χ4v) is 9.35. The first kappa shape index (κ1) is 30.2. The van der Waals surface area contributed by atoms with Crippen molar-refractivity contribution in [3.8, 4) is 22.9 Å². The normalized spacial score (nSPS) is 14.7. The van der Waals surface area contributed by atoms with Crippen LogP contribution in [0.5, 0.6) is 0 Å². The van der Waals surface area contributed by atoms with Crippen molar-refractivity contribution in [2.45, 2.75) is 12.3 Å². The summed E-state index contributed by atoms with van der Waals surface area (Å²) in [5, 5.41) is 6.99. The standard InChI is InChI=1S/C50H33N5/c1-4-16-32(17-5-1)45-41-24-10-13-25-42(41)51-50(52-45)55-48-39(30-28-37-35-22-11-14-26-43(35)53(46(37)48)33-18-6-2-7-19-33)40-31-29-38-36-23-12-15-27-44(36)54(47(38)49(40)55)34-20-8-3-9-21-34/h1-28,30-31,38H,29H2. The Balaban J connectivity index is 1.34. The molecule has 1 aliphatic carbocycles. The van der Waals surface area contributed by atoms with E-state index < -0.39 is 0 Å². The summed E-state index contributed by atoms with van der Waals surface area (Å²) < 4.78 is 4.85. The highest BCUT2D eigenvalue weighted by molar-refractivity contribution is 6.18. The zero-order chi connectivity index (χ0) is 36.0. The average Bonchev–Trinajstić information content (AvgIpc) is 3.90. The second kappa shape index (κ2) is 11.6. The Kier molecular flexibility index (Phi) is 6.39. The van der Waals surface area contributed by atoms with Crippen LogP contribution in [0, 0.1) is 0 Å². The first-order valence-electron chi connectivity index (χ1n) is 19.0. The zero-order valence-corrected chi connectivity index (χ0v) is 29.8. The van der Waals surface area contributed by atoms with Gasteiger partial charge in [-0.2, -0.15) is 0 Å². The molecule has 7 aromatic carbocycles. The fraction of sp³-hybridized carbons (Fsp3) is 0.0400. The van der Waals surface area contributed by atoms with Gasteiger partial charge >= 0.3 is 0 Å². The molecule has 258 valence electrons. The zero-order valence-electron chi connectivity index (χ0n) is 29.8. The van der Waals surface area contributed by atoms with Gasteiger partial charge in [0.05, 0.1) is 38.8 Å². The van der Waals surface area contributed by atoms with E-state index in [9.17, 15) is 0 Å². The van der Waals surface area contributed by atoms with E-state index in [0.717, 1.165) is 56.3 Å². The maximum Gasteiger partial charge on any atom is 0.235 e. The minimum Gasteiger partial charge on any atom is -0.311 e. The van der Waals surface area contributed by atoms with Crippen LogP contribution in [0.2, 0.25) is 0 Å². The molecule has 0 N–H and O–H groups in total. The van der Waals surface area contributed by atoms with Crippen molar-refractivity contribution in [2.75, 3.05) is 4.90 Å². The molecule has 0 spiro atoms. The molecule has 0 fully saturated rings. The molecule has 0 saturated carbocycles. The van der Waals surface area contributed by atoms with Crippen LogP contribution in [-0.2, 0) is 0 Å². The van der Waals surface area contributed by atoms with Gasteiger partial charge in [0.1, 0.15) is 0 Å². The molecule has 5 nitrogen and oxygen atoms in total. The lowest BCUT2D eigenvalue weighted by atomic mass is 9.91. The molecule has 1 aliphatic heterocycles. The number of benzene rings is 7. The number of anilines is 2. The quantitative estimate of drug-likeness (QED) is 0.183. The van der Waals surface area contributed by atoms with Crippen LogP contribution in [-0.4, -0.2) is 19.1 Å². The summed E-state index contributed by atoms with van der Waals surface area (Å²) in [6.07, 6.45) is 3.36. The monoisotopic (exact) mass is 703 g/mol. The lowest BCUT2D eigenvalue weighted by molar-refractivity contribution is 0.870. The molecule has 0 saturated heterocycles. The van der Waals surface area contributed by atoms with Crippen molar-refractivity contribution >= 4 is 66.8 Å². The van der Waals surface area contributed by atoms with Gasteiger partial charge in [0.2, 0.25) is 5.95 Å². The molecule has 10 aromatic rings. The summed E-state index contributed by atoms with van der Waals surface area (Å²) in [4.78, 5) is 13.6. The molecule has 2 aliphatic rings. The molecule has 12 rings (SSSR count). The Hall–Kier alpha value is -7.24. The molecule has 4 heterocycles. The van der Waals surface area contributed by atoms with E-state index in [1.165, 1.54) is 43.8 Å². The SMILES string of the molecule is C1=c2c(n(-c3nc(-c4ccccc4)c4ccccc4n3)c3c2ccc2c4ccccc4n(-c4ccccc4)c23)=C2C(C1)c1ccccc1N2c1ccccc1. The number of fused-ring (bicyclic) bond motifs is 11. The van der Waals surface area contributed by atoms with Crippen molar-refractivity contribution < 1.29 is 0 Å². The Bertz CT molecular complexity index is 3290. The highest BCUT2D eigenvalue weighted by Crippen LogP contribution is 2.50. The summed E-state index contributed by atoms with van der Waals surface area (Å²) in [5.41, 5.74) is 12.4. The van der Waals surface area contributed by atoms with Gasteiger partial charge in [-0.3, -0.25) is 4.57 Å². The van der Waals surface area contributed by atoms with E-state index in [0.29, 0.717) is 5.95 Å². The van der Waals surface area contributed by atoms with E-state index in [4.69, 9.17) is 9.97 Å². The van der Waals surface area contributed by atoms with Crippen LogP contribution in [0.3, 0.4) is 0 Å². The summed E-state index contributed by atoms with van der Waals surface area (Å²) >= 11 is 0. The number of hydrogen-bond acceptors (Lipinski definition) is 3. The van der Waals surface area contributed by atoms with Gasteiger partial charge in [-0.1, -0.05) is 140 Å². The smallest absolute Gasteiger partial charge is 0.235 e. The predicted molar refractivity (Wildman–Crippen MR) is 226 cm³/mol. The second-order valence-corrected chi connectivity index (χ2v) is 14.5. The third kappa shape index (κ3) is 4.29. The van der Waals surface area contributed by atoms with Crippen molar-refractivity contribution in [3.63, 3.8) is 0 Å². The second-order valence-electron chi connectivity index (χ2n) is 14.5. The Morgan fingerprint density at radius 2 is 1.13 bits per heavy atom. The molecule has 0 radical (unpaired) electrons. The van der Waals surface area contributed by atoms with Crippen molar-refractivity contribution in [1.82, 2.24) is 19.1 Å². The van der Waals surface area contributed by atoms with E-state index in [-0.39, 0.29) is 5.92 Å². The maximum atomic E-state index is 5.59. The van der Waals surface area contributed by atoms with Crippen molar-refractivity contribution in [1.29, 1.82) is 0 Å². The van der Waals surface area contributed by atoms with Crippen LogP contribution in [0.25, 0.3) is 78.3 Å². The van der Waals surface area contributed by atoms with E-state index in [1.807, 2.05) is 0 Å². The molecule has 1 atom stereocenters. The molecule has 55 heavy (non-hydrogen) atoms. The number of rotatable bonds is 4. The highest BCUT2D eigenvalue weighted by atomic mass is 15.2. The molecule has 0 bridgehead atoms. The van der Waals surface area contributed by atoms with Gasteiger partial charge in [-0.25, -0.2) is 9.97 Å². The van der Waals surface area contributed by atoms with Crippen molar-refractivity contribution in [2.24, 2.45) is 0 Å². The minimum atomic E-state index is 0.163. The molecule has 0 amide bonds. The first-order valence-corrected chi connectivity index (χ1v) is 19.0. The van der Waals surface area contributed by atoms with Gasteiger partial charge in [0.25, 0.3) is 0 Å². The number of hydrogen-bond donors (Lipinski definition) is 0. The molecule has 1 unspecified atom stereocenters. The largest absolute Gasteiger partial charge is 0.311 e. The van der Waals surface area contributed by atoms with E-state index in [1.54, 1.807) is 0 Å². The summed E-state index contributed by atoms with van der Waals surface area (Å²) in [6.45, 7) is 0. The lowest BCUT2D eigenvalue weighted by Crippen LogP contribution is -2.39. The molecule has 5 heteroatoms. The number of para-hydroxylation sites is 5. The van der Waals surface area contributed by atoms with E-state index in [2.05, 4.69) is 196 Å². The van der Waals surface area contributed by atoms with Crippen molar-refractivity contribution in [3.05, 3.63) is 192 Å². The highest BCUT2D eigenvalue weighted by Gasteiger charge is 2.38. The predicted octanol–water partition coefficient (Wildman–Crippen LogP) is 10.6. The van der Waals surface area contributed by atoms with Crippen LogP contribution in [0.15, 0.2) is 176 Å². The van der Waals surface area contributed by atoms with Crippen LogP contribution in [0.4, 0.5) is 11.4 Å². The topological polar surface area (TPSA) is 38.9 Å². The number of aromatic nitrogens is 4. The average molecular weight is 704 g/mol. The third-order valence-corrected chi connectivity index (χ3v) is 11.6. The van der Waals surface area contributed by atoms with Gasteiger partial charge in [0, 0.05) is 55.3 Å². The Labute approximate surface area is 317 Å². The minimum absolute atomic E-state index is 0.163. The number of nitrogens with zero attached hydrogens (tertiary/aromatic N) is 5. The molecular weight excluding hydrogens is 671 g/mol. The van der Waals surface area contributed by atoms with Crippen LogP contribution in [0.1, 0.15) is 17.9 Å². The molecule has 3 aromatic heterocycles. The Morgan fingerprint density at radius 3 is 1.95 bits per heavy atom. The summed E-state index contributed by atoms with van der Waals surface area (Å²) in [6, 6.07) is 62.9. The third-order valence-electron chi connectivity index (χ3n) is 11.6. The Morgan fingerprint density at radius 1 is 0.491 bits per heavy atom.